The van der Waals surface area contributed by atoms with E-state index in [-0.39, 0.29) is 29.6 Å². The van der Waals surface area contributed by atoms with Gasteiger partial charge < -0.3 is 10.6 Å². The number of rotatable bonds is 10. The molecule has 0 bridgehead atoms. The summed E-state index contributed by atoms with van der Waals surface area (Å²) in [6.45, 7) is -0.00249. The van der Waals surface area contributed by atoms with Gasteiger partial charge in [0, 0.05) is 30.3 Å². The third-order valence-electron chi connectivity index (χ3n) is 6.91. The van der Waals surface area contributed by atoms with Gasteiger partial charge in [-0.05, 0) is 67.5 Å². The molecule has 1 saturated carbocycles. The van der Waals surface area contributed by atoms with E-state index in [0.717, 1.165) is 55.7 Å². The van der Waals surface area contributed by atoms with Crippen molar-refractivity contribution < 1.29 is 18.0 Å². The Bertz CT molecular complexity index is 1170. The van der Waals surface area contributed by atoms with Crippen LogP contribution in [0.3, 0.4) is 0 Å². The normalized spacial score (nSPS) is 15.5. The summed E-state index contributed by atoms with van der Waals surface area (Å²) in [4.78, 5) is 18.2. The maximum atomic E-state index is 12.7. The van der Waals surface area contributed by atoms with E-state index in [9.17, 15) is 18.0 Å². The lowest BCUT2D eigenvalue weighted by atomic mass is 9.86. The van der Waals surface area contributed by atoms with E-state index >= 15 is 0 Å². The van der Waals surface area contributed by atoms with Crippen molar-refractivity contribution in [1.82, 2.24) is 20.1 Å². The van der Waals surface area contributed by atoms with E-state index in [2.05, 4.69) is 15.2 Å². The number of nitrogens with one attached hydrogen (secondary N) is 1. The lowest BCUT2D eigenvalue weighted by molar-refractivity contribution is -0.141. The van der Waals surface area contributed by atoms with Gasteiger partial charge in [-0.15, -0.1) is 0 Å². The first-order valence-electron chi connectivity index (χ1n) is 11.9. The van der Waals surface area contributed by atoms with Gasteiger partial charge in [0.2, 0.25) is 0 Å². The largest absolute Gasteiger partial charge is 0.435 e. The van der Waals surface area contributed by atoms with Crippen LogP contribution in [-0.2, 0) is 24.6 Å². The fourth-order valence-corrected chi connectivity index (χ4v) is 4.71. The Labute approximate surface area is 213 Å². The minimum absolute atomic E-state index is 0.00249. The SMILES string of the molecule is CN(Cc1cc(C(F)(F)F)n[nH]1)C(=O)c1ccc(CCCC[C@@H](N)C2(c3ccc(Cl)nc3)CC2)cc1. The highest BCUT2D eigenvalue weighted by molar-refractivity contribution is 6.29. The van der Waals surface area contributed by atoms with Crippen LogP contribution >= 0.6 is 11.6 Å². The minimum atomic E-state index is -4.52. The lowest BCUT2D eigenvalue weighted by Gasteiger charge is -2.23. The Kier molecular flexibility index (Phi) is 7.70. The van der Waals surface area contributed by atoms with Crippen LogP contribution in [0.4, 0.5) is 13.2 Å². The van der Waals surface area contributed by atoms with E-state index in [4.69, 9.17) is 17.3 Å². The van der Waals surface area contributed by atoms with Crippen LogP contribution < -0.4 is 5.73 Å². The maximum Gasteiger partial charge on any atom is 0.435 e. The van der Waals surface area contributed by atoms with E-state index < -0.39 is 11.9 Å². The highest BCUT2D eigenvalue weighted by atomic mass is 35.5. The number of aromatic amines is 1. The van der Waals surface area contributed by atoms with Gasteiger partial charge in [0.15, 0.2) is 5.69 Å². The molecule has 0 radical (unpaired) electrons. The summed E-state index contributed by atoms with van der Waals surface area (Å²) in [6, 6.07) is 12.2. The quantitative estimate of drug-likeness (QED) is 0.273. The first-order valence-corrected chi connectivity index (χ1v) is 12.3. The van der Waals surface area contributed by atoms with E-state index in [1.165, 1.54) is 4.90 Å². The van der Waals surface area contributed by atoms with Crippen molar-refractivity contribution in [3.63, 3.8) is 0 Å². The smallest absolute Gasteiger partial charge is 0.336 e. The van der Waals surface area contributed by atoms with Crippen LogP contribution in [-0.4, -0.2) is 39.1 Å². The molecular weight excluding hydrogens is 491 g/mol. The van der Waals surface area contributed by atoms with E-state index in [0.29, 0.717) is 10.7 Å². The molecule has 2 aromatic heterocycles. The summed E-state index contributed by atoms with van der Waals surface area (Å²) in [5, 5.41) is 6.09. The highest BCUT2D eigenvalue weighted by Crippen LogP contribution is 2.51. The van der Waals surface area contributed by atoms with E-state index in [1.54, 1.807) is 19.2 Å². The van der Waals surface area contributed by atoms with Crippen molar-refractivity contribution in [3.8, 4) is 0 Å². The van der Waals surface area contributed by atoms with Crippen LogP contribution in [0.25, 0.3) is 0 Å². The van der Waals surface area contributed by atoms with Crippen molar-refractivity contribution >= 4 is 17.5 Å². The second-order valence-electron chi connectivity index (χ2n) is 9.51. The Morgan fingerprint density at radius 3 is 2.50 bits per heavy atom. The zero-order chi connectivity index (χ0) is 25.9. The monoisotopic (exact) mass is 519 g/mol. The van der Waals surface area contributed by atoms with Gasteiger partial charge in [-0.3, -0.25) is 9.89 Å². The summed E-state index contributed by atoms with van der Waals surface area (Å²) >= 11 is 5.91. The van der Waals surface area contributed by atoms with Crippen molar-refractivity contribution in [2.24, 2.45) is 5.73 Å². The molecule has 2 heterocycles. The Morgan fingerprint density at radius 2 is 1.92 bits per heavy atom. The van der Waals surface area contributed by atoms with Crippen molar-refractivity contribution in [1.29, 1.82) is 0 Å². The average Bonchev–Trinajstić information content (AvgIpc) is 3.52. The number of hydrogen-bond donors (Lipinski definition) is 2. The van der Waals surface area contributed by atoms with Crippen LogP contribution in [0.5, 0.6) is 0 Å². The number of nitrogens with zero attached hydrogens (tertiary/aromatic N) is 3. The fraction of sp³-hybridized carbons (Fsp3) is 0.423. The molecule has 10 heteroatoms. The number of H-pyrrole nitrogens is 1. The molecule has 1 fully saturated rings. The van der Waals surface area contributed by atoms with E-state index in [1.807, 2.05) is 30.5 Å². The number of hydrogen-bond acceptors (Lipinski definition) is 4. The zero-order valence-electron chi connectivity index (χ0n) is 20.0. The molecule has 0 saturated heterocycles. The number of pyridine rings is 1. The third kappa shape index (κ3) is 6.07. The summed E-state index contributed by atoms with van der Waals surface area (Å²) in [5.41, 5.74) is 8.56. The molecule has 1 aliphatic carbocycles. The molecule has 36 heavy (non-hydrogen) atoms. The number of carbonyl (C=O) groups is 1. The Hall–Kier alpha value is -2.91. The number of alkyl halides is 3. The number of halogens is 4. The van der Waals surface area contributed by atoms with Crippen LogP contribution in [0.1, 0.15) is 65.0 Å². The third-order valence-corrected chi connectivity index (χ3v) is 7.13. The predicted octanol–water partition coefficient (Wildman–Crippen LogP) is 5.52. The zero-order valence-corrected chi connectivity index (χ0v) is 20.7. The van der Waals surface area contributed by atoms with Crippen molar-refractivity contribution in [2.45, 2.75) is 62.7 Å². The summed E-state index contributed by atoms with van der Waals surface area (Å²) in [6.07, 6.45) is 3.25. The molecule has 1 aromatic carbocycles. The topological polar surface area (TPSA) is 87.9 Å². The number of aryl methyl sites for hydroxylation is 1. The minimum Gasteiger partial charge on any atom is -0.336 e. The number of unbranched alkanes of at least 4 members (excludes halogenated alkanes) is 1. The number of amides is 1. The molecule has 0 aliphatic heterocycles. The lowest BCUT2D eigenvalue weighted by Crippen LogP contribution is -2.34. The summed E-state index contributed by atoms with van der Waals surface area (Å²) in [7, 11) is 1.54. The molecule has 192 valence electrons. The molecule has 3 N–H and O–H groups in total. The van der Waals surface area contributed by atoms with Crippen LogP contribution in [0, 0.1) is 0 Å². The number of carbonyl (C=O) groups excluding carboxylic acids is 1. The molecule has 0 unspecified atom stereocenters. The molecule has 4 rings (SSSR count). The molecular formula is C26H29ClF3N5O. The molecule has 3 aromatic rings. The average molecular weight is 520 g/mol. The summed E-state index contributed by atoms with van der Waals surface area (Å²) in [5.74, 6) is -0.276. The Balaban J connectivity index is 1.23. The van der Waals surface area contributed by atoms with Gasteiger partial charge in [0.1, 0.15) is 5.15 Å². The second-order valence-corrected chi connectivity index (χ2v) is 9.90. The first kappa shape index (κ1) is 26.2. The van der Waals surface area contributed by atoms with Gasteiger partial charge in [0.25, 0.3) is 5.91 Å². The van der Waals surface area contributed by atoms with Crippen LogP contribution in [0.2, 0.25) is 5.15 Å². The number of benzene rings is 1. The number of aromatic nitrogens is 3. The molecule has 0 spiro atoms. The second kappa shape index (κ2) is 10.6. The summed E-state index contributed by atoms with van der Waals surface area (Å²) < 4.78 is 38.1. The van der Waals surface area contributed by atoms with Gasteiger partial charge in [-0.2, -0.15) is 18.3 Å². The highest BCUT2D eigenvalue weighted by Gasteiger charge is 2.49. The Morgan fingerprint density at radius 1 is 1.19 bits per heavy atom. The van der Waals surface area contributed by atoms with Crippen molar-refractivity contribution in [2.75, 3.05) is 7.05 Å². The molecule has 1 aliphatic rings. The van der Waals surface area contributed by atoms with Gasteiger partial charge in [-0.1, -0.05) is 36.2 Å². The maximum absolute atomic E-state index is 12.7. The van der Waals surface area contributed by atoms with Gasteiger partial charge in [-0.25, -0.2) is 4.98 Å². The first-order chi connectivity index (χ1) is 17.1. The predicted molar refractivity (Wildman–Crippen MR) is 132 cm³/mol. The number of nitrogens with two attached hydrogens (primary N) is 1. The standard InChI is InChI=1S/C26H29ClF3N5O/c1-35(16-20-14-22(34-33-20)26(28,29)30)24(36)18-8-6-17(7-9-18)4-2-3-5-21(31)25(12-13-25)19-10-11-23(27)32-15-19/h6-11,14-15,21H,2-5,12-13,16,31H2,1H3,(H,33,34)/t21-/m1/s1. The molecule has 6 nitrogen and oxygen atoms in total. The fourth-order valence-electron chi connectivity index (χ4n) is 4.60. The van der Waals surface area contributed by atoms with Gasteiger partial charge in [0.05, 0.1) is 12.2 Å². The molecule has 1 atom stereocenters. The van der Waals surface area contributed by atoms with Gasteiger partial charge >= 0.3 is 6.18 Å². The molecule has 1 amide bonds. The van der Waals surface area contributed by atoms with Crippen LogP contribution in [0.15, 0.2) is 48.7 Å². The van der Waals surface area contributed by atoms with Crippen molar-refractivity contribution in [3.05, 3.63) is 81.9 Å².